The molecular weight excluding hydrogens is 274 g/mol. The Kier molecular flexibility index (Phi) is 10.3. The van der Waals surface area contributed by atoms with Gasteiger partial charge in [-0.3, -0.25) is 16.2 Å². The van der Waals surface area contributed by atoms with Crippen molar-refractivity contribution in [2.24, 2.45) is 11.5 Å². The second kappa shape index (κ2) is 11.1. The van der Waals surface area contributed by atoms with E-state index in [4.69, 9.17) is 22.3 Å². The van der Waals surface area contributed by atoms with E-state index in [-0.39, 0.29) is 25.1 Å². The van der Waals surface area contributed by atoms with E-state index in [1.54, 1.807) is 0 Å². The predicted octanol–water partition coefficient (Wildman–Crippen LogP) is -1.48. The average Bonchev–Trinajstić information content (AvgIpc) is 2.43. The summed E-state index contributed by atoms with van der Waals surface area (Å²) in [7, 11) is 0. The molecule has 124 valence electrons. The van der Waals surface area contributed by atoms with Crippen LogP contribution in [0.4, 0.5) is 0 Å². The summed E-state index contributed by atoms with van der Waals surface area (Å²) in [5.74, 6) is -0.348. The van der Waals surface area contributed by atoms with Gasteiger partial charge in [-0.15, -0.1) is 0 Å². The van der Waals surface area contributed by atoms with Crippen molar-refractivity contribution >= 4 is 11.9 Å². The first kappa shape index (κ1) is 19.4. The lowest BCUT2D eigenvalue weighted by atomic mass is 9.93. The largest absolute Gasteiger partial charge is 0.394 e. The van der Waals surface area contributed by atoms with Gasteiger partial charge in [0.05, 0.1) is 18.8 Å². The van der Waals surface area contributed by atoms with Crippen LogP contribution in [0.2, 0.25) is 0 Å². The fraction of sp³-hybridized carbons (Fsp3) is 0.833. The molecule has 11 N–H and O–H groups in total. The first-order valence-electron chi connectivity index (χ1n) is 7.12. The van der Waals surface area contributed by atoms with E-state index in [2.05, 4.69) is 16.2 Å². The highest BCUT2D eigenvalue weighted by Gasteiger charge is 2.28. The zero-order valence-electron chi connectivity index (χ0n) is 12.4. The number of rotatable bonds is 12. The summed E-state index contributed by atoms with van der Waals surface area (Å²) in [5, 5.41) is 35.5. The first-order chi connectivity index (χ1) is 9.95. The second-order valence-electron chi connectivity index (χ2n) is 5.12. The monoisotopic (exact) mass is 303 g/mol. The molecule has 21 heavy (non-hydrogen) atoms. The third-order valence-electron chi connectivity index (χ3n) is 3.19. The molecule has 0 rings (SSSR count). The third-order valence-corrected chi connectivity index (χ3v) is 3.19. The van der Waals surface area contributed by atoms with Gasteiger partial charge in [-0.1, -0.05) is 25.7 Å². The van der Waals surface area contributed by atoms with E-state index >= 15 is 0 Å². The van der Waals surface area contributed by atoms with Gasteiger partial charge in [0.2, 0.25) is 0 Å². The highest BCUT2D eigenvalue weighted by Crippen LogP contribution is 2.15. The van der Waals surface area contributed by atoms with E-state index in [1.165, 1.54) is 0 Å². The minimum absolute atomic E-state index is 0.0997. The summed E-state index contributed by atoms with van der Waals surface area (Å²) in [4.78, 5) is 0. The number of guanidine groups is 2. The van der Waals surface area contributed by atoms with E-state index in [9.17, 15) is 10.2 Å². The lowest BCUT2D eigenvalue weighted by Crippen LogP contribution is -2.56. The van der Waals surface area contributed by atoms with Gasteiger partial charge in [0, 0.05) is 6.54 Å². The normalized spacial score (nSPS) is 11.1. The SMILES string of the molecule is N=C(N)NNCCCCCCCC(CO)(CO)NC(=N)N. The van der Waals surface area contributed by atoms with Gasteiger partial charge in [0.25, 0.3) is 0 Å². The van der Waals surface area contributed by atoms with Gasteiger partial charge in [0.1, 0.15) is 0 Å². The lowest BCUT2D eigenvalue weighted by Gasteiger charge is -2.31. The molecule has 0 aromatic heterocycles. The number of aliphatic hydroxyl groups is 2. The molecule has 0 bridgehead atoms. The van der Waals surface area contributed by atoms with Gasteiger partial charge in [-0.2, -0.15) is 0 Å². The zero-order chi connectivity index (χ0) is 16.1. The fourth-order valence-electron chi connectivity index (χ4n) is 2.00. The number of aliphatic hydroxyl groups excluding tert-OH is 2. The number of hydrogen-bond donors (Lipinski definition) is 9. The van der Waals surface area contributed by atoms with Gasteiger partial charge in [0.15, 0.2) is 11.9 Å². The minimum atomic E-state index is -0.904. The molecular formula is C12H29N7O2. The zero-order valence-corrected chi connectivity index (χ0v) is 12.4. The van der Waals surface area contributed by atoms with Gasteiger partial charge in [-0.25, -0.2) is 5.43 Å². The molecule has 9 nitrogen and oxygen atoms in total. The van der Waals surface area contributed by atoms with Crippen LogP contribution >= 0.6 is 0 Å². The highest BCUT2D eigenvalue weighted by molar-refractivity contribution is 5.75. The van der Waals surface area contributed by atoms with E-state index in [1.807, 2.05) is 0 Å². The summed E-state index contributed by atoms with van der Waals surface area (Å²) in [5.41, 5.74) is 14.8. The van der Waals surface area contributed by atoms with Crippen molar-refractivity contribution in [3.05, 3.63) is 0 Å². The molecule has 0 aromatic carbocycles. The molecule has 0 spiro atoms. The van der Waals surface area contributed by atoms with Crippen molar-refractivity contribution in [2.75, 3.05) is 19.8 Å². The van der Waals surface area contributed by atoms with Crippen LogP contribution in [0.15, 0.2) is 0 Å². The standard InChI is InChI=1S/C12H29N7O2/c13-10(14)18-12(8-20,9-21)6-4-2-1-3-5-7-17-19-11(15)16/h17,20-21H,1-9H2,(H4,13,14,18)(H4,15,16,19). The van der Waals surface area contributed by atoms with E-state index in [0.717, 1.165) is 38.6 Å². The van der Waals surface area contributed by atoms with Crippen LogP contribution in [0.5, 0.6) is 0 Å². The van der Waals surface area contributed by atoms with Crippen LogP contribution in [-0.2, 0) is 0 Å². The Hall–Kier alpha value is -1.58. The molecule has 0 aromatic rings. The molecule has 0 aliphatic rings. The maximum atomic E-state index is 9.35. The summed E-state index contributed by atoms with van der Waals surface area (Å²) >= 11 is 0. The molecule has 0 heterocycles. The van der Waals surface area contributed by atoms with Crippen molar-refractivity contribution in [1.82, 2.24) is 16.2 Å². The number of nitrogens with one attached hydrogen (secondary N) is 5. The molecule has 0 aliphatic heterocycles. The Bertz CT molecular complexity index is 308. The van der Waals surface area contributed by atoms with Crippen LogP contribution in [0.25, 0.3) is 0 Å². The van der Waals surface area contributed by atoms with Crippen LogP contribution < -0.4 is 27.6 Å². The van der Waals surface area contributed by atoms with Crippen LogP contribution in [0.3, 0.4) is 0 Å². The van der Waals surface area contributed by atoms with Gasteiger partial charge >= 0.3 is 0 Å². The van der Waals surface area contributed by atoms with Crippen molar-refractivity contribution in [2.45, 2.75) is 44.1 Å². The summed E-state index contributed by atoms with van der Waals surface area (Å²) in [6.45, 7) is 0.218. The van der Waals surface area contributed by atoms with Gasteiger partial charge in [-0.05, 0) is 12.8 Å². The van der Waals surface area contributed by atoms with E-state index < -0.39 is 5.54 Å². The number of hydrazine groups is 1. The smallest absolute Gasteiger partial charge is 0.200 e. The second-order valence-corrected chi connectivity index (χ2v) is 5.12. The molecule has 0 amide bonds. The summed E-state index contributed by atoms with van der Waals surface area (Å²) in [6.07, 6.45) is 5.41. The predicted molar refractivity (Wildman–Crippen MR) is 82.7 cm³/mol. The first-order valence-corrected chi connectivity index (χ1v) is 7.12. The molecule has 0 atom stereocenters. The Labute approximate surface area is 125 Å². The fourth-order valence-corrected chi connectivity index (χ4v) is 2.00. The Morgan fingerprint density at radius 3 is 2.00 bits per heavy atom. The average molecular weight is 303 g/mol. The number of nitrogens with two attached hydrogens (primary N) is 2. The van der Waals surface area contributed by atoms with Crippen LogP contribution in [0.1, 0.15) is 38.5 Å². The van der Waals surface area contributed by atoms with Crippen molar-refractivity contribution in [1.29, 1.82) is 10.8 Å². The van der Waals surface area contributed by atoms with Crippen molar-refractivity contribution < 1.29 is 10.2 Å². The van der Waals surface area contributed by atoms with Crippen molar-refractivity contribution in [3.8, 4) is 0 Å². The summed E-state index contributed by atoms with van der Waals surface area (Å²) < 4.78 is 0. The summed E-state index contributed by atoms with van der Waals surface area (Å²) in [6, 6.07) is 0. The Morgan fingerprint density at radius 1 is 0.905 bits per heavy atom. The number of unbranched alkanes of at least 4 members (excludes halogenated alkanes) is 4. The quantitative estimate of drug-likeness (QED) is 0.0913. The Morgan fingerprint density at radius 2 is 1.48 bits per heavy atom. The van der Waals surface area contributed by atoms with Gasteiger partial charge < -0.3 is 27.0 Å². The van der Waals surface area contributed by atoms with Crippen LogP contribution in [-0.4, -0.2) is 47.4 Å². The van der Waals surface area contributed by atoms with Crippen molar-refractivity contribution in [3.63, 3.8) is 0 Å². The molecule has 0 radical (unpaired) electrons. The molecule has 0 fully saturated rings. The van der Waals surface area contributed by atoms with E-state index in [0.29, 0.717) is 6.42 Å². The maximum Gasteiger partial charge on any atom is 0.200 e. The Balaban J connectivity index is 3.67. The van der Waals surface area contributed by atoms with Crippen LogP contribution in [0, 0.1) is 10.8 Å². The molecule has 0 unspecified atom stereocenters. The highest BCUT2D eigenvalue weighted by atomic mass is 16.3. The lowest BCUT2D eigenvalue weighted by molar-refractivity contribution is 0.0964. The maximum absolute atomic E-state index is 9.35. The third kappa shape index (κ3) is 9.88. The molecule has 0 aliphatic carbocycles. The molecule has 0 saturated carbocycles. The number of hydrogen-bond acceptors (Lipinski definition) is 5. The molecule has 9 heteroatoms. The molecule has 0 saturated heterocycles. The minimum Gasteiger partial charge on any atom is -0.394 e. The topological polar surface area (TPSA) is 176 Å².